The third-order valence-electron chi connectivity index (χ3n) is 6.29. The number of methoxy groups -OCH3 is 1. The van der Waals surface area contributed by atoms with Crippen LogP contribution in [0.15, 0.2) is 70.8 Å². The molecule has 0 unspecified atom stereocenters. The number of halogens is 3. The first-order chi connectivity index (χ1) is 17.7. The van der Waals surface area contributed by atoms with Crippen molar-refractivity contribution in [2.75, 3.05) is 19.5 Å². The van der Waals surface area contributed by atoms with E-state index >= 15 is 0 Å². The quantitative estimate of drug-likeness (QED) is 0.287. The number of rotatable bonds is 10. The standard InChI is InChI=1S/C28H28F3NO4S/c1-18-13-26(25(35-2)14-24(18)36-17-27(33)34)37-12-11-20-16-32(23-6-4-3-5-22(20)23)15-19-7-9-21(10-8-19)28(29,30)31/h3-7,9,13-14,16H,8,10-12,15,17H2,1-2H3,(H,33,34). The van der Waals surface area contributed by atoms with E-state index in [-0.39, 0.29) is 6.42 Å². The van der Waals surface area contributed by atoms with Crippen LogP contribution in [0.2, 0.25) is 0 Å². The van der Waals surface area contributed by atoms with Crippen LogP contribution in [0.5, 0.6) is 11.5 Å². The highest BCUT2D eigenvalue weighted by Crippen LogP contribution is 2.37. The van der Waals surface area contributed by atoms with E-state index < -0.39 is 24.3 Å². The van der Waals surface area contributed by atoms with Crippen molar-refractivity contribution < 1.29 is 32.5 Å². The molecule has 5 nitrogen and oxygen atoms in total. The van der Waals surface area contributed by atoms with Crippen molar-refractivity contribution in [2.24, 2.45) is 0 Å². The van der Waals surface area contributed by atoms with Gasteiger partial charge in [-0.15, -0.1) is 11.8 Å². The van der Waals surface area contributed by atoms with E-state index in [1.807, 2.05) is 31.2 Å². The number of ether oxygens (including phenoxy) is 2. The van der Waals surface area contributed by atoms with E-state index in [1.54, 1.807) is 31.0 Å². The van der Waals surface area contributed by atoms with Crippen LogP contribution < -0.4 is 9.47 Å². The van der Waals surface area contributed by atoms with E-state index in [1.165, 1.54) is 11.6 Å². The van der Waals surface area contributed by atoms with E-state index in [9.17, 15) is 18.0 Å². The molecule has 0 atom stereocenters. The van der Waals surface area contributed by atoms with Crippen LogP contribution >= 0.6 is 11.8 Å². The molecular weight excluding hydrogens is 503 g/mol. The minimum Gasteiger partial charge on any atom is -0.495 e. The molecule has 0 amide bonds. The summed E-state index contributed by atoms with van der Waals surface area (Å²) in [5.74, 6) is 0.826. The number of thioether (sulfide) groups is 1. The van der Waals surface area contributed by atoms with Gasteiger partial charge in [-0.1, -0.05) is 35.9 Å². The molecule has 4 rings (SSSR count). The average molecular weight is 532 g/mol. The Kier molecular flexibility index (Phi) is 8.22. The SMILES string of the molecule is COc1cc(OCC(=O)O)c(C)cc1SCCc1cn(CC2=CC=C(C(F)(F)F)CC2)c2ccccc12. The lowest BCUT2D eigenvalue weighted by Gasteiger charge is -2.17. The number of nitrogens with zero attached hydrogens (tertiary/aromatic N) is 1. The normalized spacial score (nSPS) is 13.9. The molecule has 2 aromatic carbocycles. The van der Waals surface area contributed by atoms with E-state index in [0.29, 0.717) is 24.5 Å². The van der Waals surface area contributed by atoms with Crippen molar-refractivity contribution >= 4 is 28.6 Å². The molecule has 196 valence electrons. The van der Waals surface area contributed by atoms with Gasteiger partial charge in [0.25, 0.3) is 0 Å². The molecule has 0 spiro atoms. The summed E-state index contributed by atoms with van der Waals surface area (Å²) in [5, 5.41) is 10.0. The molecule has 1 aliphatic rings. The van der Waals surface area contributed by atoms with Gasteiger partial charge in [-0.2, -0.15) is 13.2 Å². The van der Waals surface area contributed by atoms with Gasteiger partial charge in [0.15, 0.2) is 6.61 Å². The van der Waals surface area contributed by atoms with Gasteiger partial charge < -0.3 is 19.1 Å². The second-order valence-corrected chi connectivity index (χ2v) is 10.0. The minimum absolute atomic E-state index is 0.0133. The average Bonchev–Trinajstić information content (AvgIpc) is 3.20. The lowest BCUT2D eigenvalue weighted by atomic mass is 9.98. The van der Waals surface area contributed by atoms with Gasteiger partial charge in [0, 0.05) is 45.9 Å². The smallest absolute Gasteiger partial charge is 0.412 e. The number of aliphatic carboxylic acids is 1. The minimum atomic E-state index is -4.26. The number of fused-ring (bicyclic) bond motifs is 1. The zero-order valence-corrected chi connectivity index (χ0v) is 21.4. The molecule has 0 fully saturated rings. The Labute approximate surface area is 217 Å². The largest absolute Gasteiger partial charge is 0.495 e. The summed E-state index contributed by atoms with van der Waals surface area (Å²) in [4.78, 5) is 11.8. The van der Waals surface area contributed by atoms with Crippen LogP contribution in [0.4, 0.5) is 13.2 Å². The Hall–Kier alpha value is -3.33. The van der Waals surface area contributed by atoms with Crippen molar-refractivity contribution in [3.05, 3.63) is 77.0 Å². The second-order valence-electron chi connectivity index (χ2n) is 8.86. The van der Waals surface area contributed by atoms with Crippen LogP contribution in [0.3, 0.4) is 0 Å². The number of allylic oxidation sites excluding steroid dienone is 4. The predicted molar refractivity (Wildman–Crippen MR) is 139 cm³/mol. The van der Waals surface area contributed by atoms with E-state index in [2.05, 4.69) is 16.8 Å². The van der Waals surface area contributed by atoms with Crippen molar-refractivity contribution in [3.63, 3.8) is 0 Å². The first-order valence-electron chi connectivity index (χ1n) is 11.8. The topological polar surface area (TPSA) is 60.7 Å². The maximum atomic E-state index is 13.0. The van der Waals surface area contributed by atoms with Gasteiger partial charge in [-0.25, -0.2) is 4.79 Å². The molecule has 0 radical (unpaired) electrons. The van der Waals surface area contributed by atoms with Gasteiger partial charge in [-0.3, -0.25) is 0 Å². The second kappa shape index (κ2) is 11.4. The molecular formula is C28H28F3NO4S. The molecule has 1 N–H and O–H groups in total. The van der Waals surface area contributed by atoms with Crippen molar-refractivity contribution in [2.45, 2.75) is 43.8 Å². The lowest BCUT2D eigenvalue weighted by molar-refractivity contribution is -0.139. The van der Waals surface area contributed by atoms with Gasteiger partial charge >= 0.3 is 12.1 Å². The maximum Gasteiger partial charge on any atom is 0.412 e. The van der Waals surface area contributed by atoms with Crippen LogP contribution in [0.1, 0.15) is 24.0 Å². The number of hydrogen-bond acceptors (Lipinski definition) is 4. The van der Waals surface area contributed by atoms with Crippen molar-refractivity contribution in [1.82, 2.24) is 4.57 Å². The molecule has 37 heavy (non-hydrogen) atoms. The van der Waals surface area contributed by atoms with Crippen LogP contribution in [-0.4, -0.2) is 41.3 Å². The number of para-hydroxylation sites is 1. The number of aromatic nitrogens is 1. The fourth-order valence-corrected chi connectivity index (χ4v) is 5.49. The third-order valence-corrected chi connectivity index (χ3v) is 7.32. The molecule has 1 aromatic heterocycles. The fraction of sp³-hybridized carbons (Fsp3) is 0.321. The highest BCUT2D eigenvalue weighted by atomic mass is 32.2. The molecule has 0 bridgehead atoms. The number of hydrogen-bond donors (Lipinski definition) is 1. The highest BCUT2D eigenvalue weighted by molar-refractivity contribution is 7.99. The molecule has 0 saturated carbocycles. The number of aryl methyl sites for hydroxylation is 2. The fourth-order valence-electron chi connectivity index (χ4n) is 4.40. The Morgan fingerprint density at radius 1 is 1.14 bits per heavy atom. The Bertz CT molecular complexity index is 1360. The van der Waals surface area contributed by atoms with Gasteiger partial charge in [0.05, 0.1) is 7.11 Å². The first kappa shape index (κ1) is 26.7. The van der Waals surface area contributed by atoms with Gasteiger partial charge in [0.2, 0.25) is 0 Å². The van der Waals surface area contributed by atoms with Crippen LogP contribution in [0.25, 0.3) is 10.9 Å². The number of carbonyl (C=O) groups is 1. The summed E-state index contributed by atoms with van der Waals surface area (Å²) < 4.78 is 51.9. The summed E-state index contributed by atoms with van der Waals surface area (Å²) >= 11 is 1.64. The molecule has 0 saturated heterocycles. The summed E-state index contributed by atoms with van der Waals surface area (Å²) in [6.07, 6.45) is 1.84. The zero-order valence-electron chi connectivity index (χ0n) is 20.6. The van der Waals surface area contributed by atoms with Gasteiger partial charge in [0.1, 0.15) is 11.5 Å². The van der Waals surface area contributed by atoms with Gasteiger partial charge in [-0.05, 0) is 49.4 Å². The highest BCUT2D eigenvalue weighted by Gasteiger charge is 2.33. The lowest BCUT2D eigenvalue weighted by Crippen LogP contribution is -2.14. The van der Waals surface area contributed by atoms with Crippen LogP contribution in [0, 0.1) is 6.92 Å². The summed E-state index contributed by atoms with van der Waals surface area (Å²) in [6, 6.07) is 11.7. The molecule has 1 aliphatic carbocycles. The molecule has 0 aliphatic heterocycles. The maximum absolute atomic E-state index is 13.0. The summed E-state index contributed by atoms with van der Waals surface area (Å²) in [6.45, 7) is 2.00. The monoisotopic (exact) mass is 531 g/mol. The first-order valence-corrected chi connectivity index (χ1v) is 12.8. The number of alkyl halides is 3. The Morgan fingerprint density at radius 2 is 1.92 bits per heavy atom. The number of carboxylic acids is 1. The Balaban J connectivity index is 1.47. The third kappa shape index (κ3) is 6.52. The molecule has 3 aromatic rings. The zero-order chi connectivity index (χ0) is 26.6. The van der Waals surface area contributed by atoms with Crippen molar-refractivity contribution in [3.8, 4) is 11.5 Å². The summed E-state index contributed by atoms with van der Waals surface area (Å²) in [7, 11) is 1.57. The summed E-state index contributed by atoms with van der Waals surface area (Å²) in [5.41, 5.74) is 3.55. The van der Waals surface area contributed by atoms with E-state index in [4.69, 9.17) is 14.6 Å². The van der Waals surface area contributed by atoms with Crippen molar-refractivity contribution in [1.29, 1.82) is 0 Å². The van der Waals surface area contributed by atoms with Crippen LogP contribution in [-0.2, 0) is 17.8 Å². The molecule has 9 heteroatoms. The predicted octanol–water partition coefficient (Wildman–Crippen LogP) is 6.97. The Morgan fingerprint density at radius 3 is 2.59 bits per heavy atom. The number of benzene rings is 2. The molecule has 1 heterocycles. The number of carboxylic acid groups (broad SMARTS) is 1. The van der Waals surface area contributed by atoms with E-state index in [0.717, 1.165) is 39.1 Å².